The number of nitrogens with one attached hydrogen (secondary N) is 1. The van der Waals surface area contributed by atoms with Gasteiger partial charge in [0.05, 0.1) is 11.5 Å². The Morgan fingerprint density at radius 2 is 2.16 bits per heavy atom. The maximum Gasteiger partial charge on any atom is 0.333 e. The van der Waals surface area contributed by atoms with Crippen LogP contribution in [-0.4, -0.2) is 31.8 Å². The number of anilines is 1. The third kappa shape index (κ3) is 4.75. The lowest BCUT2D eigenvalue weighted by atomic mass is 10.2. The van der Waals surface area contributed by atoms with Crippen molar-refractivity contribution in [3.05, 3.63) is 28.3 Å². The van der Waals surface area contributed by atoms with Gasteiger partial charge in [-0.1, -0.05) is 13.0 Å². The fourth-order valence-electron chi connectivity index (χ4n) is 1.61. The summed E-state index contributed by atoms with van der Waals surface area (Å²) in [6.07, 6.45) is 1.59. The van der Waals surface area contributed by atoms with Crippen molar-refractivity contribution < 1.29 is 14.4 Å². The van der Waals surface area contributed by atoms with Crippen LogP contribution in [0.2, 0.25) is 0 Å². The summed E-state index contributed by atoms with van der Waals surface area (Å²) in [6.45, 7) is 3.66. The van der Waals surface area contributed by atoms with Crippen molar-refractivity contribution in [1.29, 1.82) is 0 Å². The molecule has 0 atom stereocenters. The second-order valence-electron chi connectivity index (χ2n) is 4.03. The summed E-state index contributed by atoms with van der Waals surface area (Å²) in [5.41, 5.74) is 0.490. The summed E-state index contributed by atoms with van der Waals surface area (Å²) >= 11 is 0. The topological polar surface area (TPSA) is 73.6 Å². The van der Waals surface area contributed by atoms with Gasteiger partial charge in [0.2, 0.25) is 0 Å². The molecule has 0 radical (unpaired) electrons. The molecule has 0 unspecified atom stereocenters. The molecule has 0 aliphatic carbocycles. The molecule has 0 aliphatic rings. The molecule has 0 saturated heterocycles. The highest BCUT2D eigenvalue weighted by molar-refractivity contribution is 5.68. The first-order chi connectivity index (χ1) is 9.20. The van der Waals surface area contributed by atoms with Gasteiger partial charge < -0.3 is 14.8 Å². The van der Waals surface area contributed by atoms with Crippen LogP contribution in [0.5, 0.6) is 5.75 Å². The van der Waals surface area contributed by atoms with E-state index in [0.717, 1.165) is 6.42 Å². The van der Waals surface area contributed by atoms with E-state index in [-0.39, 0.29) is 5.69 Å². The molecule has 106 valence electrons. The van der Waals surface area contributed by atoms with Crippen LogP contribution in [0.4, 0.5) is 11.4 Å². The average Bonchev–Trinajstić information content (AvgIpc) is 2.41. The number of nitro groups is 1. The highest BCUT2D eigenvalue weighted by Gasteiger charge is 2.20. The van der Waals surface area contributed by atoms with Crippen molar-refractivity contribution in [2.24, 2.45) is 0 Å². The first-order valence-electron chi connectivity index (χ1n) is 6.33. The number of nitro benzene ring substituents is 1. The Morgan fingerprint density at radius 3 is 2.79 bits per heavy atom. The molecule has 6 heteroatoms. The molecule has 0 spiro atoms. The molecule has 0 bridgehead atoms. The van der Waals surface area contributed by atoms with Crippen LogP contribution in [0.3, 0.4) is 0 Å². The van der Waals surface area contributed by atoms with Crippen LogP contribution < -0.4 is 10.1 Å². The molecule has 0 amide bonds. The monoisotopic (exact) mass is 268 g/mol. The maximum atomic E-state index is 11.2. The average molecular weight is 268 g/mol. The van der Waals surface area contributed by atoms with Crippen molar-refractivity contribution in [1.82, 2.24) is 0 Å². The zero-order valence-electron chi connectivity index (χ0n) is 11.3. The molecule has 1 N–H and O–H groups in total. The molecular weight excluding hydrogens is 248 g/mol. The third-order valence-corrected chi connectivity index (χ3v) is 2.50. The van der Waals surface area contributed by atoms with Crippen LogP contribution in [0.25, 0.3) is 0 Å². The van der Waals surface area contributed by atoms with E-state index in [1.165, 1.54) is 0 Å². The number of rotatable bonds is 9. The molecule has 0 aromatic heterocycles. The Bertz CT molecular complexity index is 410. The Morgan fingerprint density at radius 1 is 1.37 bits per heavy atom. The lowest BCUT2D eigenvalue weighted by Gasteiger charge is -2.10. The fourth-order valence-corrected chi connectivity index (χ4v) is 1.61. The van der Waals surface area contributed by atoms with Gasteiger partial charge in [0.25, 0.3) is 0 Å². The minimum atomic E-state index is -0.413. The Balaban J connectivity index is 2.80. The number of hydrogen-bond donors (Lipinski definition) is 1. The van der Waals surface area contributed by atoms with Crippen LogP contribution in [0.15, 0.2) is 18.2 Å². The number of ether oxygens (including phenoxy) is 2. The van der Waals surface area contributed by atoms with Gasteiger partial charge >= 0.3 is 5.69 Å². The second kappa shape index (κ2) is 8.31. The number of nitrogens with zero attached hydrogens (tertiary/aromatic N) is 1. The molecule has 0 aliphatic heterocycles. The van der Waals surface area contributed by atoms with Crippen molar-refractivity contribution >= 4 is 11.4 Å². The van der Waals surface area contributed by atoms with Crippen molar-refractivity contribution in [2.45, 2.75) is 19.8 Å². The van der Waals surface area contributed by atoms with Crippen molar-refractivity contribution in [3.63, 3.8) is 0 Å². The van der Waals surface area contributed by atoms with Gasteiger partial charge in [0.1, 0.15) is 5.69 Å². The number of para-hydroxylation sites is 1. The van der Waals surface area contributed by atoms with Gasteiger partial charge in [0, 0.05) is 26.7 Å². The highest BCUT2D eigenvalue weighted by atomic mass is 16.6. The molecule has 1 rings (SSSR count). The van der Waals surface area contributed by atoms with Crippen LogP contribution in [0, 0.1) is 10.1 Å². The molecule has 0 heterocycles. The maximum absolute atomic E-state index is 11.2. The fraction of sp³-hybridized carbons (Fsp3) is 0.538. The summed E-state index contributed by atoms with van der Waals surface area (Å²) in [5.74, 6) is 0.294. The van der Waals surface area contributed by atoms with Gasteiger partial charge in [-0.25, -0.2) is 0 Å². The molecule has 0 fully saturated rings. The highest BCUT2D eigenvalue weighted by Crippen LogP contribution is 2.34. The molecule has 0 saturated carbocycles. The summed E-state index contributed by atoms with van der Waals surface area (Å²) in [4.78, 5) is 10.7. The van der Waals surface area contributed by atoms with Crippen LogP contribution in [0.1, 0.15) is 19.8 Å². The first-order valence-corrected chi connectivity index (χ1v) is 6.33. The van der Waals surface area contributed by atoms with Crippen LogP contribution in [-0.2, 0) is 4.74 Å². The summed E-state index contributed by atoms with van der Waals surface area (Å²) in [6, 6.07) is 5.05. The van der Waals surface area contributed by atoms with E-state index >= 15 is 0 Å². The predicted molar refractivity (Wildman–Crippen MR) is 73.9 cm³/mol. The van der Waals surface area contributed by atoms with Crippen molar-refractivity contribution in [2.75, 3.05) is 32.2 Å². The molecule has 19 heavy (non-hydrogen) atoms. The summed E-state index contributed by atoms with van der Waals surface area (Å²) < 4.78 is 10.4. The van der Waals surface area contributed by atoms with Crippen molar-refractivity contribution in [3.8, 4) is 5.75 Å². The van der Waals surface area contributed by atoms with E-state index in [2.05, 4.69) is 5.32 Å². The molecule has 1 aromatic rings. The second-order valence-corrected chi connectivity index (χ2v) is 4.03. The van der Waals surface area contributed by atoms with Gasteiger partial charge in [0.15, 0.2) is 5.75 Å². The number of hydrogen-bond acceptors (Lipinski definition) is 5. The lowest BCUT2D eigenvalue weighted by Crippen LogP contribution is -2.07. The van der Waals surface area contributed by atoms with E-state index in [1.807, 2.05) is 6.92 Å². The SMILES string of the molecule is CCCNc1cccc(OCCCOC)c1[N+](=O)[O-]. The van der Waals surface area contributed by atoms with Gasteiger partial charge in [-0.05, 0) is 18.6 Å². The first kappa shape index (κ1) is 15.2. The third-order valence-electron chi connectivity index (χ3n) is 2.50. The minimum Gasteiger partial charge on any atom is -0.487 e. The van der Waals surface area contributed by atoms with Crippen LogP contribution >= 0.6 is 0 Å². The zero-order chi connectivity index (χ0) is 14.1. The number of methoxy groups -OCH3 is 1. The van der Waals surface area contributed by atoms with Gasteiger partial charge in [-0.3, -0.25) is 10.1 Å². The molecular formula is C13H20N2O4. The summed E-state index contributed by atoms with van der Waals surface area (Å²) in [5, 5.41) is 14.2. The lowest BCUT2D eigenvalue weighted by molar-refractivity contribution is -0.385. The smallest absolute Gasteiger partial charge is 0.333 e. The van der Waals surface area contributed by atoms with E-state index < -0.39 is 4.92 Å². The Labute approximate surface area is 112 Å². The van der Waals surface area contributed by atoms with E-state index in [0.29, 0.717) is 37.6 Å². The van der Waals surface area contributed by atoms with E-state index in [4.69, 9.17) is 9.47 Å². The summed E-state index contributed by atoms with van der Waals surface area (Å²) in [7, 11) is 1.61. The van der Waals surface area contributed by atoms with E-state index in [1.54, 1.807) is 25.3 Å². The standard InChI is InChI=1S/C13H20N2O4/c1-3-8-14-11-6-4-7-12(13(11)15(16)17)19-10-5-9-18-2/h4,6-7,14H,3,5,8-10H2,1-2H3. The predicted octanol–water partition coefficient (Wildman–Crippen LogP) is 2.83. The van der Waals surface area contributed by atoms with Gasteiger partial charge in [-0.15, -0.1) is 0 Å². The van der Waals surface area contributed by atoms with Gasteiger partial charge in [-0.2, -0.15) is 0 Å². The molecule has 1 aromatic carbocycles. The number of benzene rings is 1. The van der Waals surface area contributed by atoms with E-state index in [9.17, 15) is 10.1 Å². The minimum absolute atomic E-state index is 0.00614. The normalized spacial score (nSPS) is 10.2. The molecule has 6 nitrogen and oxygen atoms in total. The zero-order valence-corrected chi connectivity index (χ0v) is 11.3. The Hall–Kier alpha value is -1.82. The quantitative estimate of drug-likeness (QED) is 0.423. The largest absolute Gasteiger partial charge is 0.487 e. The Kier molecular flexibility index (Phi) is 6.67.